The van der Waals surface area contributed by atoms with Crippen LogP contribution in [0.2, 0.25) is 0 Å². The molecule has 11 heteroatoms. The zero-order valence-electron chi connectivity index (χ0n) is 25.7. The fraction of sp³-hybridized carbons (Fsp3) is 0.303. The molecule has 3 aromatic carbocycles. The number of sulfonamides is 1. The summed E-state index contributed by atoms with van der Waals surface area (Å²) in [7, 11) is -2.74. The second-order valence-corrected chi connectivity index (χ2v) is 12.5. The molecule has 4 rings (SSSR count). The SMILES string of the molecule is CCN(C(=O)[C@H](Cc1ccccc1)NC(=O)NS(=O)(=O)c1cccc(-c2ccnn2CC(C)C)c1C)c1ccc(OC)cc1. The Bertz CT molecular complexity index is 1690. The van der Waals surface area contributed by atoms with E-state index in [1.54, 1.807) is 50.6 Å². The molecule has 1 heterocycles. The summed E-state index contributed by atoms with van der Waals surface area (Å²) in [4.78, 5) is 28.6. The molecule has 0 saturated carbocycles. The summed E-state index contributed by atoms with van der Waals surface area (Å²) in [5.74, 6) is 0.598. The Morgan fingerprint density at radius 1 is 0.977 bits per heavy atom. The van der Waals surface area contributed by atoms with Gasteiger partial charge in [-0.15, -0.1) is 0 Å². The van der Waals surface area contributed by atoms with E-state index in [0.717, 1.165) is 11.3 Å². The summed E-state index contributed by atoms with van der Waals surface area (Å²) < 4.78 is 36.3. The lowest BCUT2D eigenvalue weighted by molar-refractivity contribution is -0.120. The van der Waals surface area contributed by atoms with Gasteiger partial charge in [-0.2, -0.15) is 5.10 Å². The van der Waals surface area contributed by atoms with Gasteiger partial charge >= 0.3 is 6.03 Å². The smallest absolute Gasteiger partial charge is 0.329 e. The zero-order chi connectivity index (χ0) is 31.9. The van der Waals surface area contributed by atoms with Crippen molar-refractivity contribution in [3.63, 3.8) is 0 Å². The van der Waals surface area contributed by atoms with Crippen LogP contribution in [-0.2, 0) is 27.8 Å². The van der Waals surface area contributed by atoms with Crippen molar-refractivity contribution < 1.29 is 22.7 Å². The van der Waals surface area contributed by atoms with E-state index >= 15 is 0 Å². The maximum atomic E-state index is 13.8. The molecule has 0 radical (unpaired) electrons. The van der Waals surface area contributed by atoms with Crippen LogP contribution in [0.3, 0.4) is 0 Å². The number of rotatable bonds is 12. The lowest BCUT2D eigenvalue weighted by Gasteiger charge is -2.27. The van der Waals surface area contributed by atoms with Gasteiger partial charge in [0.05, 0.1) is 17.7 Å². The number of amides is 3. The highest BCUT2D eigenvalue weighted by Crippen LogP contribution is 2.28. The molecule has 0 bridgehead atoms. The van der Waals surface area contributed by atoms with Crippen LogP contribution in [0, 0.1) is 12.8 Å². The van der Waals surface area contributed by atoms with Gasteiger partial charge in [0.15, 0.2) is 0 Å². The Morgan fingerprint density at radius 3 is 2.32 bits per heavy atom. The standard InChI is InChI=1S/C33H39N5O5S/c1-6-37(26-15-17-27(43-5)18-16-26)32(39)29(21-25-11-8-7-9-12-25)35-33(40)36-44(41,42)31-14-10-13-28(24(31)4)30-19-20-34-38(30)22-23(2)3/h7-20,23,29H,6,21-22H2,1-5H3,(H2,35,36,40)/t29-/m0/s1. The zero-order valence-corrected chi connectivity index (χ0v) is 26.5. The second kappa shape index (κ2) is 14.2. The molecular formula is C33H39N5O5S. The molecule has 2 N–H and O–H groups in total. The first-order valence-corrected chi connectivity index (χ1v) is 16.0. The molecule has 1 aromatic heterocycles. The molecule has 0 saturated heterocycles. The molecule has 0 aliphatic carbocycles. The molecule has 10 nitrogen and oxygen atoms in total. The van der Waals surface area contributed by atoms with E-state index in [4.69, 9.17) is 4.74 Å². The van der Waals surface area contributed by atoms with Crippen LogP contribution in [0.1, 0.15) is 31.9 Å². The highest BCUT2D eigenvalue weighted by atomic mass is 32.2. The number of ether oxygens (including phenoxy) is 1. The van der Waals surface area contributed by atoms with Gasteiger partial charge in [-0.25, -0.2) is 17.9 Å². The summed E-state index contributed by atoms with van der Waals surface area (Å²) in [5, 5.41) is 7.03. The second-order valence-electron chi connectivity index (χ2n) is 10.8. The number of nitrogens with one attached hydrogen (secondary N) is 2. The van der Waals surface area contributed by atoms with Crippen LogP contribution in [0.4, 0.5) is 10.5 Å². The largest absolute Gasteiger partial charge is 0.497 e. The summed E-state index contributed by atoms with van der Waals surface area (Å²) in [6, 6.07) is 20.9. The quantitative estimate of drug-likeness (QED) is 0.226. The Kier molecular flexibility index (Phi) is 10.4. The first-order valence-electron chi connectivity index (χ1n) is 14.5. The monoisotopic (exact) mass is 617 g/mol. The van der Waals surface area contributed by atoms with Crippen LogP contribution in [-0.4, -0.2) is 49.8 Å². The normalized spacial score (nSPS) is 12.0. The van der Waals surface area contributed by atoms with Crippen molar-refractivity contribution in [1.82, 2.24) is 19.8 Å². The average molecular weight is 618 g/mol. The number of hydrogen-bond donors (Lipinski definition) is 2. The van der Waals surface area contributed by atoms with Crippen molar-refractivity contribution in [2.45, 2.75) is 51.6 Å². The van der Waals surface area contributed by atoms with Gasteiger partial charge in [-0.05, 0) is 67.3 Å². The molecular weight excluding hydrogens is 578 g/mol. The molecule has 0 fully saturated rings. The summed E-state index contributed by atoms with van der Waals surface area (Å²) in [6.45, 7) is 8.68. The van der Waals surface area contributed by atoms with Gasteiger partial charge in [0, 0.05) is 37.0 Å². The van der Waals surface area contributed by atoms with Gasteiger partial charge in [0.2, 0.25) is 5.91 Å². The Hall–Kier alpha value is -4.64. The van der Waals surface area contributed by atoms with Crippen LogP contribution >= 0.6 is 0 Å². The number of benzene rings is 3. The molecule has 0 aliphatic rings. The molecule has 0 unspecified atom stereocenters. The lowest BCUT2D eigenvalue weighted by atomic mass is 10.0. The number of methoxy groups -OCH3 is 1. The van der Waals surface area contributed by atoms with E-state index in [0.29, 0.717) is 41.6 Å². The van der Waals surface area contributed by atoms with Gasteiger partial charge < -0.3 is 15.0 Å². The van der Waals surface area contributed by atoms with Crippen molar-refractivity contribution in [1.29, 1.82) is 0 Å². The van der Waals surface area contributed by atoms with Crippen molar-refractivity contribution in [2.75, 3.05) is 18.6 Å². The minimum absolute atomic E-state index is 0.0400. The minimum Gasteiger partial charge on any atom is -0.497 e. The molecule has 1 atom stereocenters. The van der Waals surface area contributed by atoms with Gasteiger partial charge in [-0.3, -0.25) is 9.48 Å². The van der Waals surface area contributed by atoms with Gasteiger partial charge in [-0.1, -0.05) is 56.3 Å². The third-order valence-electron chi connectivity index (χ3n) is 7.18. The topological polar surface area (TPSA) is 123 Å². The lowest BCUT2D eigenvalue weighted by Crippen LogP contribution is -2.53. The van der Waals surface area contributed by atoms with E-state index in [-0.39, 0.29) is 17.2 Å². The van der Waals surface area contributed by atoms with Gasteiger partial charge in [0.25, 0.3) is 10.0 Å². The van der Waals surface area contributed by atoms with E-state index in [9.17, 15) is 18.0 Å². The predicted molar refractivity (Wildman–Crippen MR) is 171 cm³/mol. The number of likely N-dealkylation sites (N-methyl/N-ethyl adjacent to an activating group) is 1. The van der Waals surface area contributed by atoms with Crippen LogP contribution in [0.15, 0.2) is 90.0 Å². The van der Waals surface area contributed by atoms with Crippen LogP contribution < -0.4 is 19.7 Å². The first-order chi connectivity index (χ1) is 21.0. The van der Waals surface area contributed by atoms with E-state index < -0.39 is 22.1 Å². The maximum Gasteiger partial charge on any atom is 0.329 e. The minimum atomic E-state index is -4.30. The average Bonchev–Trinajstić information content (AvgIpc) is 3.44. The number of urea groups is 1. The van der Waals surface area contributed by atoms with Crippen molar-refractivity contribution in [3.8, 4) is 17.0 Å². The number of anilines is 1. The molecule has 232 valence electrons. The maximum absolute atomic E-state index is 13.8. The third kappa shape index (κ3) is 7.65. The van der Waals surface area contributed by atoms with E-state index in [1.165, 1.54) is 11.0 Å². The third-order valence-corrected chi connectivity index (χ3v) is 8.66. The summed E-state index contributed by atoms with van der Waals surface area (Å²) in [6.07, 6.45) is 1.84. The predicted octanol–water partition coefficient (Wildman–Crippen LogP) is 5.18. The number of carbonyl (C=O) groups excluding carboxylic acids is 2. The number of hydrogen-bond acceptors (Lipinski definition) is 6. The fourth-order valence-electron chi connectivity index (χ4n) is 5.07. The van der Waals surface area contributed by atoms with Gasteiger partial charge in [0.1, 0.15) is 11.8 Å². The molecule has 4 aromatic rings. The highest BCUT2D eigenvalue weighted by Gasteiger charge is 2.29. The Morgan fingerprint density at radius 2 is 1.68 bits per heavy atom. The number of carbonyl (C=O) groups is 2. The van der Waals surface area contributed by atoms with Crippen molar-refractivity contribution in [3.05, 3.63) is 96.2 Å². The Balaban J connectivity index is 1.59. The van der Waals surface area contributed by atoms with Crippen LogP contribution in [0.25, 0.3) is 11.3 Å². The molecule has 44 heavy (non-hydrogen) atoms. The van der Waals surface area contributed by atoms with Crippen LogP contribution in [0.5, 0.6) is 5.75 Å². The molecule has 0 spiro atoms. The molecule has 0 aliphatic heterocycles. The summed E-state index contributed by atoms with van der Waals surface area (Å²) >= 11 is 0. The fourth-order valence-corrected chi connectivity index (χ4v) is 6.25. The number of nitrogens with zero attached hydrogens (tertiary/aromatic N) is 3. The summed E-state index contributed by atoms with van der Waals surface area (Å²) in [5.41, 5.74) is 3.38. The van der Waals surface area contributed by atoms with Crippen molar-refractivity contribution >= 4 is 27.6 Å². The number of aromatic nitrogens is 2. The first kappa shape index (κ1) is 32.3. The van der Waals surface area contributed by atoms with E-state index in [2.05, 4.69) is 29.0 Å². The Labute approximate surface area is 259 Å². The highest BCUT2D eigenvalue weighted by molar-refractivity contribution is 7.90. The van der Waals surface area contributed by atoms with Crippen molar-refractivity contribution in [2.24, 2.45) is 5.92 Å². The van der Waals surface area contributed by atoms with E-state index in [1.807, 2.05) is 54.1 Å². The molecule has 3 amide bonds.